The lowest BCUT2D eigenvalue weighted by molar-refractivity contribution is 0.00578. The summed E-state index contributed by atoms with van der Waals surface area (Å²) in [5.41, 5.74) is 0.460. The highest BCUT2D eigenvalue weighted by Gasteiger charge is 2.52. The largest absolute Gasteiger partial charge is 0.514 e. The number of pyridine rings is 1. The van der Waals surface area contributed by atoms with Crippen LogP contribution in [0.3, 0.4) is 0 Å². The molecule has 1 fully saturated rings. The van der Waals surface area contributed by atoms with Crippen LogP contribution in [-0.4, -0.2) is 23.3 Å². The summed E-state index contributed by atoms with van der Waals surface area (Å²) >= 11 is 0. The molecule has 0 aliphatic carbocycles. The van der Waals surface area contributed by atoms with E-state index in [0.29, 0.717) is 17.6 Å². The summed E-state index contributed by atoms with van der Waals surface area (Å²) < 4.78 is 25.2. The van der Waals surface area contributed by atoms with Crippen LogP contribution in [-0.2, 0) is 15.7 Å². The third kappa shape index (κ3) is 2.17. The Kier molecular flexibility index (Phi) is 3.24. The summed E-state index contributed by atoms with van der Waals surface area (Å²) in [5, 5.41) is 0. The molecule has 18 heavy (non-hydrogen) atoms. The van der Waals surface area contributed by atoms with E-state index in [9.17, 15) is 4.39 Å². The first-order valence-electron chi connectivity index (χ1n) is 6.27. The highest BCUT2D eigenvalue weighted by Crippen LogP contribution is 2.36. The summed E-state index contributed by atoms with van der Waals surface area (Å²) in [7, 11) is -0.527. The average Bonchev–Trinajstić information content (AvgIpc) is 2.49. The average molecular weight is 251 g/mol. The van der Waals surface area contributed by atoms with Crippen molar-refractivity contribution in [2.75, 3.05) is 0 Å². The molecule has 3 nitrogen and oxygen atoms in total. The Bertz CT molecular complexity index is 446. The van der Waals surface area contributed by atoms with E-state index in [0.717, 1.165) is 0 Å². The number of aryl methyl sites for hydroxylation is 1. The van der Waals surface area contributed by atoms with Crippen molar-refractivity contribution in [1.82, 2.24) is 4.98 Å². The summed E-state index contributed by atoms with van der Waals surface area (Å²) in [5.74, 6) is -0.280. The van der Waals surface area contributed by atoms with Gasteiger partial charge in [-0.15, -0.1) is 0 Å². The molecule has 0 unspecified atom stereocenters. The zero-order valence-electron chi connectivity index (χ0n) is 11.6. The fraction of sp³-hybridized carbons (Fsp3) is 0.615. The molecule has 0 saturated carbocycles. The minimum Gasteiger partial charge on any atom is -0.398 e. The molecule has 5 heteroatoms. The monoisotopic (exact) mass is 251 g/mol. The van der Waals surface area contributed by atoms with Crippen LogP contribution in [0.5, 0.6) is 0 Å². The minimum atomic E-state index is -0.527. The molecular formula is C13H19BFNO2. The van der Waals surface area contributed by atoms with E-state index in [1.54, 1.807) is 6.07 Å². The Morgan fingerprint density at radius 3 is 2.28 bits per heavy atom. The first-order chi connectivity index (χ1) is 8.27. The second-order valence-electron chi connectivity index (χ2n) is 5.64. The fourth-order valence-electron chi connectivity index (χ4n) is 1.86. The highest BCUT2D eigenvalue weighted by atomic mass is 19.1. The van der Waals surface area contributed by atoms with Crippen molar-refractivity contribution < 1.29 is 13.7 Å². The second kappa shape index (κ2) is 4.32. The summed E-state index contributed by atoms with van der Waals surface area (Å²) in [6.07, 6.45) is 1.86. The van der Waals surface area contributed by atoms with Crippen molar-refractivity contribution in [3.63, 3.8) is 0 Å². The lowest BCUT2D eigenvalue weighted by Crippen LogP contribution is -2.41. The van der Waals surface area contributed by atoms with Crippen molar-refractivity contribution in [2.45, 2.75) is 52.2 Å². The first kappa shape index (κ1) is 13.5. The van der Waals surface area contributed by atoms with Gasteiger partial charge in [-0.1, -0.05) is 6.92 Å². The van der Waals surface area contributed by atoms with Crippen LogP contribution in [0.4, 0.5) is 4.39 Å². The van der Waals surface area contributed by atoms with Gasteiger partial charge in [0.2, 0.25) is 0 Å². The topological polar surface area (TPSA) is 31.4 Å². The smallest absolute Gasteiger partial charge is 0.398 e. The van der Waals surface area contributed by atoms with Gasteiger partial charge < -0.3 is 9.31 Å². The van der Waals surface area contributed by atoms with Crippen LogP contribution >= 0.6 is 0 Å². The highest BCUT2D eigenvalue weighted by molar-refractivity contribution is 6.61. The van der Waals surface area contributed by atoms with Gasteiger partial charge in [0.25, 0.3) is 0 Å². The number of halogens is 1. The molecule has 98 valence electrons. The molecule has 1 aromatic heterocycles. The Hall–Kier alpha value is -0.935. The van der Waals surface area contributed by atoms with E-state index >= 15 is 0 Å². The summed E-state index contributed by atoms with van der Waals surface area (Å²) in [4.78, 5) is 4.08. The van der Waals surface area contributed by atoms with Gasteiger partial charge in [-0.2, -0.15) is 0 Å². The number of rotatable bonds is 2. The van der Waals surface area contributed by atoms with Gasteiger partial charge in [0.15, 0.2) is 0 Å². The molecule has 1 saturated heterocycles. The predicted molar refractivity (Wildman–Crippen MR) is 69.3 cm³/mol. The normalized spacial score (nSPS) is 21.3. The van der Waals surface area contributed by atoms with Crippen LogP contribution in [0, 0.1) is 5.82 Å². The number of hydrogen-bond donors (Lipinski definition) is 0. The van der Waals surface area contributed by atoms with Gasteiger partial charge in [0.1, 0.15) is 5.82 Å². The van der Waals surface area contributed by atoms with Crippen LogP contribution in [0.25, 0.3) is 0 Å². The van der Waals surface area contributed by atoms with Crippen molar-refractivity contribution >= 4 is 12.7 Å². The summed E-state index contributed by atoms with van der Waals surface area (Å²) in [6.45, 7) is 9.84. The molecular weight excluding hydrogens is 232 g/mol. The van der Waals surface area contributed by atoms with Crippen LogP contribution in [0.1, 0.15) is 40.2 Å². The third-order valence-electron chi connectivity index (χ3n) is 3.83. The van der Waals surface area contributed by atoms with Crippen molar-refractivity contribution in [3.8, 4) is 0 Å². The maximum absolute atomic E-state index is 13.4. The number of hydrogen-bond acceptors (Lipinski definition) is 3. The standard InChI is InChI=1S/C13H19BFNO2/c1-6-9-7-11(16-8-10(9)15)14-17-12(2,3)13(4,5)18-14/h7-8H,6H2,1-5H3. The van der Waals surface area contributed by atoms with E-state index < -0.39 is 18.3 Å². The molecule has 0 spiro atoms. The molecule has 1 aliphatic heterocycles. The molecule has 0 amide bonds. The van der Waals surface area contributed by atoms with Gasteiger partial charge in [-0.25, -0.2) is 4.39 Å². The Morgan fingerprint density at radius 2 is 1.78 bits per heavy atom. The SMILES string of the molecule is CCc1cc(B2OC(C)(C)C(C)(C)O2)ncc1F. The maximum atomic E-state index is 13.4. The molecule has 2 heterocycles. The zero-order chi connectivity index (χ0) is 13.6. The molecule has 0 bridgehead atoms. The molecule has 0 atom stereocenters. The van der Waals surface area contributed by atoms with Crippen LogP contribution < -0.4 is 5.59 Å². The molecule has 0 aromatic carbocycles. The Labute approximate surface area is 108 Å². The second-order valence-corrected chi connectivity index (χ2v) is 5.64. The van der Waals surface area contributed by atoms with Crippen molar-refractivity contribution in [1.29, 1.82) is 0 Å². The molecule has 2 rings (SSSR count). The first-order valence-corrected chi connectivity index (χ1v) is 6.27. The quantitative estimate of drug-likeness (QED) is 0.754. The van der Waals surface area contributed by atoms with E-state index in [1.807, 2.05) is 34.6 Å². The third-order valence-corrected chi connectivity index (χ3v) is 3.83. The lowest BCUT2D eigenvalue weighted by Gasteiger charge is -2.32. The predicted octanol–water partition coefficient (Wildman–Crippen LogP) is 2.08. The number of nitrogens with zero attached hydrogens (tertiary/aromatic N) is 1. The van der Waals surface area contributed by atoms with Gasteiger partial charge in [-0.05, 0) is 45.7 Å². The maximum Gasteiger partial charge on any atom is 0.514 e. The fourth-order valence-corrected chi connectivity index (χ4v) is 1.86. The molecule has 1 aromatic rings. The van der Waals surface area contributed by atoms with Crippen molar-refractivity contribution in [2.24, 2.45) is 0 Å². The Morgan fingerprint density at radius 1 is 1.22 bits per heavy atom. The van der Waals surface area contributed by atoms with Gasteiger partial charge in [-0.3, -0.25) is 4.98 Å². The molecule has 1 aliphatic rings. The van der Waals surface area contributed by atoms with Gasteiger partial charge in [0, 0.05) is 0 Å². The van der Waals surface area contributed by atoms with E-state index in [-0.39, 0.29) is 5.82 Å². The van der Waals surface area contributed by atoms with E-state index in [2.05, 4.69) is 4.98 Å². The van der Waals surface area contributed by atoms with E-state index in [1.165, 1.54) is 6.20 Å². The number of aromatic nitrogens is 1. The zero-order valence-corrected chi connectivity index (χ0v) is 11.6. The van der Waals surface area contributed by atoms with Gasteiger partial charge in [0.05, 0.1) is 23.0 Å². The summed E-state index contributed by atoms with van der Waals surface area (Å²) in [6, 6.07) is 1.72. The molecule has 0 radical (unpaired) electrons. The lowest BCUT2D eigenvalue weighted by atomic mass is 9.83. The van der Waals surface area contributed by atoms with E-state index in [4.69, 9.17) is 9.31 Å². The minimum absolute atomic E-state index is 0.280. The van der Waals surface area contributed by atoms with Crippen molar-refractivity contribution in [3.05, 3.63) is 23.6 Å². The van der Waals surface area contributed by atoms with Gasteiger partial charge >= 0.3 is 7.12 Å². The van der Waals surface area contributed by atoms with Crippen LogP contribution in [0.15, 0.2) is 12.3 Å². The molecule has 0 N–H and O–H groups in total. The Balaban J connectivity index is 2.30. The van der Waals surface area contributed by atoms with Crippen LogP contribution in [0.2, 0.25) is 0 Å².